The molecule has 0 bridgehead atoms. The molecule has 1 N–H and O–H groups in total. The van der Waals surface area contributed by atoms with Gasteiger partial charge in [-0.25, -0.2) is 4.98 Å². The smallest absolute Gasteiger partial charge is 0.295 e. The molecule has 1 unspecified atom stereocenters. The van der Waals surface area contributed by atoms with Crippen molar-refractivity contribution in [3.05, 3.63) is 77.3 Å². The Bertz CT molecular complexity index is 1240. The maximum Gasteiger partial charge on any atom is 0.295 e. The van der Waals surface area contributed by atoms with E-state index >= 15 is 0 Å². The first-order valence-electron chi connectivity index (χ1n) is 11.7. The zero-order valence-electron chi connectivity index (χ0n) is 19.2. The summed E-state index contributed by atoms with van der Waals surface area (Å²) in [5.41, 5.74) is 2.25. The molecule has 2 aliphatic heterocycles. The number of quaternary nitrogens is 1. The largest absolute Gasteiger partial charge is 0.871 e. The number of aryl methyl sites for hydroxylation is 1. The molecular weight excluding hydrogens is 432 g/mol. The maximum atomic E-state index is 13.8. The highest BCUT2D eigenvalue weighted by molar-refractivity contribution is 6.46. The van der Waals surface area contributed by atoms with E-state index in [4.69, 9.17) is 4.74 Å². The molecule has 8 nitrogen and oxygen atoms in total. The first-order chi connectivity index (χ1) is 16.6. The summed E-state index contributed by atoms with van der Waals surface area (Å²) in [6.07, 6.45) is 2.50. The number of pyridine rings is 1. The summed E-state index contributed by atoms with van der Waals surface area (Å²) in [6.45, 7) is 6.43. The van der Waals surface area contributed by atoms with Gasteiger partial charge in [-0.3, -0.25) is 9.59 Å². The molecule has 176 valence electrons. The number of Topliss-reactive ketones (excluding diaryl/α,β-unsaturated/α-hetero) is 1. The number of benzene rings is 1. The van der Waals surface area contributed by atoms with Crippen molar-refractivity contribution in [1.29, 1.82) is 0 Å². The Kier molecular flexibility index (Phi) is 6.17. The molecule has 0 aliphatic carbocycles. The van der Waals surface area contributed by atoms with Gasteiger partial charge in [-0.15, -0.1) is 0 Å². The maximum absolute atomic E-state index is 13.8. The molecule has 2 aliphatic rings. The number of hydrogen-bond donors (Lipinski definition) is 1. The Morgan fingerprint density at radius 3 is 2.62 bits per heavy atom. The lowest BCUT2D eigenvalue weighted by Gasteiger charge is -2.29. The number of aromatic nitrogens is 2. The fourth-order valence-corrected chi connectivity index (χ4v) is 5.01. The summed E-state index contributed by atoms with van der Waals surface area (Å²) in [6, 6.07) is 14.1. The summed E-state index contributed by atoms with van der Waals surface area (Å²) < 4.78 is 7.11. The van der Waals surface area contributed by atoms with Crippen molar-refractivity contribution in [3.63, 3.8) is 0 Å². The van der Waals surface area contributed by atoms with E-state index in [9.17, 15) is 14.7 Å². The monoisotopic (exact) mass is 460 g/mol. The van der Waals surface area contributed by atoms with Crippen LogP contribution in [0.15, 0.2) is 60.3 Å². The predicted molar refractivity (Wildman–Crippen MR) is 124 cm³/mol. The van der Waals surface area contributed by atoms with Gasteiger partial charge in [-0.2, -0.15) is 0 Å². The fourth-order valence-electron chi connectivity index (χ4n) is 5.01. The van der Waals surface area contributed by atoms with Gasteiger partial charge in [0.25, 0.3) is 5.91 Å². The number of carbonyl (C=O) groups is 2. The van der Waals surface area contributed by atoms with Crippen LogP contribution >= 0.6 is 0 Å². The van der Waals surface area contributed by atoms with Crippen molar-refractivity contribution < 1.29 is 24.3 Å². The molecule has 2 aromatic heterocycles. The summed E-state index contributed by atoms with van der Waals surface area (Å²) in [7, 11) is 0. The van der Waals surface area contributed by atoms with Gasteiger partial charge in [0, 0.05) is 24.7 Å². The molecule has 2 fully saturated rings. The third-order valence-electron chi connectivity index (χ3n) is 6.69. The number of rotatable bonds is 6. The number of morpholine rings is 1. The molecule has 1 atom stereocenters. The molecule has 1 aromatic carbocycles. The van der Waals surface area contributed by atoms with E-state index < -0.39 is 23.5 Å². The number of nitrogens with one attached hydrogen (secondary N) is 1. The van der Waals surface area contributed by atoms with Crippen LogP contribution in [0.4, 0.5) is 0 Å². The third-order valence-corrected chi connectivity index (χ3v) is 6.69. The van der Waals surface area contributed by atoms with Gasteiger partial charge in [-0.05, 0) is 24.6 Å². The Labute approximate surface area is 198 Å². The standard InChI is InChI=1S/C26H28N4O4/c1-18-22(29-12-6-5-10-20(29)27-18)24(31)21-23(19-8-3-2-4-9-19)30(26(33)25(21)32)13-7-11-28-14-16-34-17-15-28/h2-6,8-10,12,23,31H,7,11,13-17H2,1H3. The normalized spacial score (nSPS) is 21.0. The van der Waals surface area contributed by atoms with E-state index in [2.05, 4.69) is 4.98 Å². The van der Waals surface area contributed by atoms with Gasteiger partial charge < -0.3 is 24.0 Å². The van der Waals surface area contributed by atoms with Gasteiger partial charge in [0.15, 0.2) is 0 Å². The number of imidazole rings is 1. The van der Waals surface area contributed by atoms with Crippen LogP contribution in [0.2, 0.25) is 0 Å². The molecule has 1 amide bonds. The number of carbonyl (C=O) groups excluding carboxylic acids is 2. The van der Waals surface area contributed by atoms with Crippen LogP contribution in [-0.2, 0) is 14.3 Å². The topological polar surface area (TPSA) is 91.4 Å². The van der Waals surface area contributed by atoms with Crippen molar-refractivity contribution in [2.24, 2.45) is 0 Å². The second-order valence-electron chi connectivity index (χ2n) is 8.82. The predicted octanol–water partition coefficient (Wildman–Crippen LogP) is 0.172. The van der Waals surface area contributed by atoms with Gasteiger partial charge in [0.2, 0.25) is 5.78 Å². The van der Waals surface area contributed by atoms with E-state index in [0.717, 1.165) is 44.8 Å². The first-order valence-corrected chi connectivity index (χ1v) is 11.7. The number of amides is 1. The van der Waals surface area contributed by atoms with Crippen molar-refractivity contribution >= 4 is 23.1 Å². The second kappa shape index (κ2) is 9.40. The minimum Gasteiger partial charge on any atom is -0.871 e. The van der Waals surface area contributed by atoms with E-state index in [-0.39, 0.29) is 5.57 Å². The number of ketones is 1. The van der Waals surface area contributed by atoms with Crippen molar-refractivity contribution in [3.8, 4) is 0 Å². The van der Waals surface area contributed by atoms with E-state index in [1.54, 1.807) is 22.4 Å². The van der Waals surface area contributed by atoms with E-state index in [1.807, 2.05) is 48.5 Å². The summed E-state index contributed by atoms with van der Waals surface area (Å²) in [5.74, 6) is -1.77. The minimum absolute atomic E-state index is 0.00340. The highest BCUT2D eigenvalue weighted by Gasteiger charge is 2.44. The molecule has 0 spiro atoms. The molecule has 2 saturated heterocycles. The van der Waals surface area contributed by atoms with Crippen LogP contribution < -0.4 is 10.0 Å². The Morgan fingerprint density at radius 2 is 1.85 bits per heavy atom. The fraction of sp³-hybridized carbons (Fsp3) is 0.346. The third kappa shape index (κ3) is 3.99. The number of hydrogen-bond acceptors (Lipinski definition) is 5. The minimum atomic E-state index is -0.720. The number of ether oxygens (including phenoxy) is 1. The number of nitrogens with zero attached hydrogens (tertiary/aromatic N) is 3. The highest BCUT2D eigenvalue weighted by atomic mass is 16.5. The summed E-state index contributed by atoms with van der Waals surface area (Å²) in [5, 5.41) is 13.8. The quantitative estimate of drug-likeness (QED) is 0.322. The second-order valence-corrected chi connectivity index (χ2v) is 8.82. The summed E-state index contributed by atoms with van der Waals surface area (Å²) >= 11 is 0. The highest BCUT2D eigenvalue weighted by Crippen LogP contribution is 2.39. The van der Waals surface area contributed by atoms with Crippen LogP contribution in [0.5, 0.6) is 0 Å². The zero-order valence-corrected chi connectivity index (χ0v) is 19.2. The number of fused-ring (bicyclic) bond motifs is 1. The van der Waals surface area contributed by atoms with E-state index in [1.165, 1.54) is 4.90 Å². The molecule has 3 aromatic rings. The molecule has 4 heterocycles. The average molecular weight is 461 g/mol. The molecule has 8 heteroatoms. The van der Waals surface area contributed by atoms with Gasteiger partial charge in [0.05, 0.1) is 37.2 Å². The van der Waals surface area contributed by atoms with Crippen molar-refractivity contribution in [2.75, 3.05) is 39.4 Å². The van der Waals surface area contributed by atoms with Crippen LogP contribution in [-0.4, -0.2) is 65.4 Å². The van der Waals surface area contributed by atoms with Gasteiger partial charge in [-0.1, -0.05) is 42.2 Å². The Balaban J connectivity index is 1.53. The SMILES string of the molecule is Cc1nc2ccccn2c1C([O-])=C1C(=O)C(=O)N(CCC[NH+]2CCOCC2)C1c1ccccc1. The van der Waals surface area contributed by atoms with E-state index in [0.29, 0.717) is 23.6 Å². The van der Waals surface area contributed by atoms with Crippen LogP contribution in [0, 0.1) is 6.92 Å². The lowest BCUT2D eigenvalue weighted by atomic mass is 9.96. The number of likely N-dealkylation sites (tertiary alicyclic amines) is 1. The van der Waals surface area contributed by atoms with Crippen LogP contribution in [0.25, 0.3) is 11.4 Å². The molecule has 0 radical (unpaired) electrons. The lowest BCUT2D eigenvalue weighted by Crippen LogP contribution is -3.14. The van der Waals surface area contributed by atoms with Crippen LogP contribution in [0.1, 0.15) is 29.4 Å². The van der Waals surface area contributed by atoms with Crippen molar-refractivity contribution in [1.82, 2.24) is 14.3 Å². The molecule has 34 heavy (non-hydrogen) atoms. The molecular formula is C26H28N4O4. The lowest BCUT2D eigenvalue weighted by molar-refractivity contribution is -0.908. The molecule has 5 rings (SSSR count). The summed E-state index contributed by atoms with van der Waals surface area (Å²) in [4.78, 5) is 33.9. The Hall–Kier alpha value is -3.49. The van der Waals surface area contributed by atoms with Gasteiger partial charge in [0.1, 0.15) is 18.7 Å². The zero-order chi connectivity index (χ0) is 23.7. The molecule has 0 saturated carbocycles. The Morgan fingerprint density at radius 1 is 1.12 bits per heavy atom. The first kappa shape index (κ1) is 22.3. The van der Waals surface area contributed by atoms with Crippen LogP contribution in [0.3, 0.4) is 0 Å². The van der Waals surface area contributed by atoms with Gasteiger partial charge >= 0.3 is 0 Å². The average Bonchev–Trinajstić information content (AvgIpc) is 3.33. The van der Waals surface area contributed by atoms with Crippen molar-refractivity contribution in [2.45, 2.75) is 19.4 Å².